The number of ether oxygens (including phenoxy) is 1. The number of aromatic nitrogens is 2. The van der Waals surface area contributed by atoms with Crippen LogP contribution in [0.3, 0.4) is 0 Å². The molecule has 0 bridgehead atoms. The number of aryl methyl sites for hydroxylation is 1. The molecule has 21 heavy (non-hydrogen) atoms. The van der Waals surface area contributed by atoms with E-state index in [0.29, 0.717) is 18.7 Å². The predicted octanol–water partition coefficient (Wildman–Crippen LogP) is 2.26. The van der Waals surface area contributed by atoms with E-state index in [9.17, 15) is 4.79 Å². The van der Waals surface area contributed by atoms with Crippen molar-refractivity contribution < 1.29 is 9.53 Å². The third-order valence-electron chi connectivity index (χ3n) is 3.31. The van der Waals surface area contributed by atoms with Gasteiger partial charge in [0.2, 0.25) is 0 Å². The number of benzene rings is 1. The van der Waals surface area contributed by atoms with Crippen molar-refractivity contribution in [3.63, 3.8) is 0 Å². The van der Waals surface area contributed by atoms with Crippen molar-refractivity contribution in [3.8, 4) is 5.69 Å². The van der Waals surface area contributed by atoms with Crippen molar-refractivity contribution in [1.82, 2.24) is 15.1 Å². The van der Waals surface area contributed by atoms with E-state index in [0.717, 1.165) is 23.4 Å². The van der Waals surface area contributed by atoms with Crippen molar-refractivity contribution >= 4 is 5.91 Å². The maximum Gasteiger partial charge on any atom is 0.254 e. The number of hydrogen-bond donors (Lipinski definition) is 1. The molecule has 0 unspecified atom stereocenters. The van der Waals surface area contributed by atoms with Gasteiger partial charge in [0.1, 0.15) is 0 Å². The Hall–Kier alpha value is -2.14. The molecule has 112 valence electrons. The minimum atomic E-state index is -0.0949. The zero-order valence-electron chi connectivity index (χ0n) is 12.7. The molecule has 0 saturated carbocycles. The molecule has 0 saturated heterocycles. The molecule has 0 aliphatic carbocycles. The van der Waals surface area contributed by atoms with Crippen LogP contribution in [0, 0.1) is 13.8 Å². The van der Waals surface area contributed by atoms with Crippen molar-refractivity contribution in [3.05, 3.63) is 47.3 Å². The fourth-order valence-electron chi connectivity index (χ4n) is 2.17. The van der Waals surface area contributed by atoms with Gasteiger partial charge in [-0.1, -0.05) is 12.1 Å². The van der Waals surface area contributed by atoms with Gasteiger partial charge in [-0.05, 0) is 38.0 Å². The van der Waals surface area contributed by atoms with E-state index in [1.807, 2.05) is 38.1 Å². The topological polar surface area (TPSA) is 56.1 Å². The van der Waals surface area contributed by atoms with Gasteiger partial charge in [0.15, 0.2) is 0 Å². The summed E-state index contributed by atoms with van der Waals surface area (Å²) in [7, 11) is 1.65. The van der Waals surface area contributed by atoms with Gasteiger partial charge >= 0.3 is 0 Å². The maximum absolute atomic E-state index is 12.1. The van der Waals surface area contributed by atoms with Crippen LogP contribution in [-0.2, 0) is 4.74 Å². The van der Waals surface area contributed by atoms with Gasteiger partial charge in [0, 0.05) is 20.3 Å². The standard InChI is InChI=1S/C16H21N3O2/c1-12-6-4-7-14(10-12)19-13(2)15(11-18-19)16(20)17-8-5-9-21-3/h4,6-7,10-11H,5,8-9H2,1-3H3,(H,17,20). The summed E-state index contributed by atoms with van der Waals surface area (Å²) >= 11 is 0. The predicted molar refractivity (Wildman–Crippen MR) is 81.9 cm³/mol. The maximum atomic E-state index is 12.1. The zero-order valence-corrected chi connectivity index (χ0v) is 12.7. The van der Waals surface area contributed by atoms with Crippen LogP contribution in [0.4, 0.5) is 0 Å². The quantitative estimate of drug-likeness (QED) is 0.829. The second-order valence-corrected chi connectivity index (χ2v) is 5.00. The molecule has 0 aliphatic rings. The van der Waals surface area contributed by atoms with Crippen LogP contribution in [0.1, 0.15) is 28.0 Å². The highest BCUT2D eigenvalue weighted by Gasteiger charge is 2.14. The van der Waals surface area contributed by atoms with Gasteiger partial charge in [-0.25, -0.2) is 4.68 Å². The minimum Gasteiger partial charge on any atom is -0.385 e. The highest BCUT2D eigenvalue weighted by molar-refractivity contribution is 5.95. The SMILES string of the molecule is COCCCNC(=O)c1cnn(-c2cccc(C)c2)c1C. The van der Waals surface area contributed by atoms with Crippen molar-refractivity contribution in [2.75, 3.05) is 20.3 Å². The molecule has 1 aromatic heterocycles. The summed E-state index contributed by atoms with van der Waals surface area (Å²) in [4.78, 5) is 12.1. The first-order valence-electron chi connectivity index (χ1n) is 7.02. The van der Waals surface area contributed by atoms with Gasteiger partial charge in [0.05, 0.1) is 23.1 Å². The summed E-state index contributed by atoms with van der Waals surface area (Å²) in [5, 5.41) is 7.20. The highest BCUT2D eigenvalue weighted by Crippen LogP contribution is 2.15. The second kappa shape index (κ2) is 7.04. The molecule has 5 nitrogen and oxygen atoms in total. The minimum absolute atomic E-state index is 0.0949. The first-order valence-corrected chi connectivity index (χ1v) is 7.02. The Morgan fingerprint density at radius 3 is 2.90 bits per heavy atom. The number of carbonyl (C=O) groups is 1. The zero-order chi connectivity index (χ0) is 15.2. The Balaban J connectivity index is 2.11. The van der Waals surface area contributed by atoms with Crippen LogP contribution in [-0.4, -0.2) is 35.9 Å². The van der Waals surface area contributed by atoms with Gasteiger partial charge < -0.3 is 10.1 Å². The second-order valence-electron chi connectivity index (χ2n) is 5.00. The summed E-state index contributed by atoms with van der Waals surface area (Å²) in [5.74, 6) is -0.0949. The third-order valence-corrected chi connectivity index (χ3v) is 3.31. The third kappa shape index (κ3) is 3.70. The Kier molecular flexibility index (Phi) is 5.11. The number of methoxy groups -OCH3 is 1. The summed E-state index contributed by atoms with van der Waals surface area (Å²) < 4.78 is 6.75. The molecular formula is C16H21N3O2. The Morgan fingerprint density at radius 2 is 2.19 bits per heavy atom. The number of hydrogen-bond acceptors (Lipinski definition) is 3. The van der Waals surface area contributed by atoms with Crippen LogP contribution in [0.2, 0.25) is 0 Å². The van der Waals surface area contributed by atoms with E-state index < -0.39 is 0 Å². The van der Waals surface area contributed by atoms with Gasteiger partial charge in [-0.3, -0.25) is 4.79 Å². The Labute approximate surface area is 124 Å². The molecule has 0 atom stereocenters. The number of nitrogens with zero attached hydrogens (tertiary/aromatic N) is 2. The summed E-state index contributed by atoms with van der Waals surface area (Å²) in [5.41, 5.74) is 3.57. The highest BCUT2D eigenvalue weighted by atomic mass is 16.5. The monoisotopic (exact) mass is 287 g/mol. The molecule has 1 amide bonds. The van der Waals surface area contributed by atoms with E-state index in [1.54, 1.807) is 18.0 Å². The molecule has 2 rings (SSSR count). The molecule has 0 radical (unpaired) electrons. The molecule has 0 fully saturated rings. The average molecular weight is 287 g/mol. The molecule has 5 heteroatoms. The number of rotatable bonds is 6. The fourth-order valence-corrected chi connectivity index (χ4v) is 2.17. The summed E-state index contributed by atoms with van der Waals surface area (Å²) in [6.07, 6.45) is 2.41. The van der Waals surface area contributed by atoms with E-state index in [1.165, 1.54) is 0 Å². The van der Waals surface area contributed by atoms with Crippen LogP contribution < -0.4 is 5.32 Å². The summed E-state index contributed by atoms with van der Waals surface area (Å²) in [6, 6.07) is 8.04. The van der Waals surface area contributed by atoms with Crippen LogP contribution in [0.5, 0.6) is 0 Å². The Bertz CT molecular complexity index is 620. The molecule has 1 aromatic carbocycles. The van der Waals surface area contributed by atoms with E-state index >= 15 is 0 Å². The first-order chi connectivity index (χ1) is 10.1. The largest absolute Gasteiger partial charge is 0.385 e. The van der Waals surface area contributed by atoms with Crippen LogP contribution in [0.15, 0.2) is 30.5 Å². The molecule has 0 spiro atoms. The van der Waals surface area contributed by atoms with Crippen molar-refractivity contribution in [2.45, 2.75) is 20.3 Å². The normalized spacial score (nSPS) is 10.6. The van der Waals surface area contributed by atoms with E-state index in [4.69, 9.17) is 4.74 Å². The van der Waals surface area contributed by atoms with Crippen LogP contribution >= 0.6 is 0 Å². The average Bonchev–Trinajstić information content (AvgIpc) is 2.85. The fraction of sp³-hybridized carbons (Fsp3) is 0.375. The van der Waals surface area contributed by atoms with E-state index in [-0.39, 0.29) is 5.91 Å². The van der Waals surface area contributed by atoms with Gasteiger partial charge in [-0.15, -0.1) is 0 Å². The van der Waals surface area contributed by atoms with Gasteiger partial charge in [-0.2, -0.15) is 5.10 Å². The molecular weight excluding hydrogens is 266 g/mol. The number of carbonyl (C=O) groups excluding carboxylic acids is 1. The number of nitrogens with one attached hydrogen (secondary N) is 1. The smallest absolute Gasteiger partial charge is 0.254 e. The van der Waals surface area contributed by atoms with Crippen LogP contribution in [0.25, 0.3) is 5.69 Å². The molecule has 1 N–H and O–H groups in total. The lowest BCUT2D eigenvalue weighted by Gasteiger charge is -2.07. The summed E-state index contributed by atoms with van der Waals surface area (Å²) in [6.45, 7) is 5.18. The molecule has 2 aromatic rings. The van der Waals surface area contributed by atoms with Crippen molar-refractivity contribution in [2.24, 2.45) is 0 Å². The molecule has 1 heterocycles. The van der Waals surface area contributed by atoms with Crippen molar-refractivity contribution in [1.29, 1.82) is 0 Å². The van der Waals surface area contributed by atoms with Gasteiger partial charge in [0.25, 0.3) is 5.91 Å². The molecule has 0 aliphatic heterocycles. The number of amides is 1. The lowest BCUT2D eigenvalue weighted by Crippen LogP contribution is -2.25. The van der Waals surface area contributed by atoms with E-state index in [2.05, 4.69) is 10.4 Å². The Morgan fingerprint density at radius 1 is 1.38 bits per heavy atom. The lowest BCUT2D eigenvalue weighted by atomic mass is 10.2. The first kappa shape index (κ1) is 15.3. The lowest BCUT2D eigenvalue weighted by molar-refractivity contribution is 0.0948.